The van der Waals surface area contributed by atoms with E-state index in [9.17, 15) is 10.1 Å². The Bertz CT molecular complexity index is 855. The van der Waals surface area contributed by atoms with Crippen LogP contribution >= 0.6 is 11.3 Å². The standard InChI is InChI=1S/C13H10N6OS/c1-7-8(2)21-12(9(7)6-14)17-11(20)10-16-13-15-4-3-5-19(13)18-10/h3-5H,1-2H3,(H,17,20). The van der Waals surface area contributed by atoms with Gasteiger partial charge in [-0.25, -0.2) is 9.50 Å². The van der Waals surface area contributed by atoms with Gasteiger partial charge >= 0.3 is 0 Å². The Kier molecular flexibility index (Phi) is 3.12. The predicted molar refractivity (Wildman–Crippen MR) is 77.2 cm³/mol. The molecule has 0 saturated heterocycles. The molecular weight excluding hydrogens is 288 g/mol. The molecule has 3 heterocycles. The Balaban J connectivity index is 1.93. The van der Waals surface area contributed by atoms with Gasteiger partial charge in [0.15, 0.2) is 0 Å². The largest absolute Gasteiger partial charge is 0.310 e. The van der Waals surface area contributed by atoms with Crippen molar-refractivity contribution in [1.29, 1.82) is 5.26 Å². The summed E-state index contributed by atoms with van der Waals surface area (Å²) in [5.41, 5.74) is 1.36. The molecule has 8 heteroatoms. The van der Waals surface area contributed by atoms with Gasteiger partial charge in [0.1, 0.15) is 11.1 Å². The minimum Gasteiger partial charge on any atom is -0.310 e. The fourth-order valence-corrected chi connectivity index (χ4v) is 2.84. The van der Waals surface area contributed by atoms with Crippen LogP contribution in [0.15, 0.2) is 18.5 Å². The summed E-state index contributed by atoms with van der Waals surface area (Å²) in [5, 5.41) is 16.4. The molecule has 1 N–H and O–H groups in total. The van der Waals surface area contributed by atoms with E-state index in [0.717, 1.165) is 10.4 Å². The van der Waals surface area contributed by atoms with Crippen molar-refractivity contribution in [2.45, 2.75) is 13.8 Å². The van der Waals surface area contributed by atoms with E-state index in [0.29, 0.717) is 16.3 Å². The van der Waals surface area contributed by atoms with Crippen LogP contribution in [-0.4, -0.2) is 25.5 Å². The first-order valence-electron chi connectivity index (χ1n) is 6.09. The second kappa shape index (κ2) is 4.96. The number of hydrogen-bond acceptors (Lipinski definition) is 6. The number of anilines is 1. The first-order valence-corrected chi connectivity index (χ1v) is 6.90. The second-order valence-corrected chi connectivity index (χ2v) is 5.58. The lowest BCUT2D eigenvalue weighted by Gasteiger charge is -1.99. The van der Waals surface area contributed by atoms with E-state index < -0.39 is 5.91 Å². The van der Waals surface area contributed by atoms with Crippen LogP contribution in [-0.2, 0) is 0 Å². The maximum absolute atomic E-state index is 12.2. The summed E-state index contributed by atoms with van der Waals surface area (Å²) in [7, 11) is 0. The highest BCUT2D eigenvalue weighted by Gasteiger charge is 2.18. The van der Waals surface area contributed by atoms with E-state index in [1.165, 1.54) is 15.9 Å². The number of nitrogens with zero attached hydrogens (tertiary/aromatic N) is 5. The number of carbonyl (C=O) groups is 1. The molecule has 0 fully saturated rings. The normalized spacial score (nSPS) is 10.5. The van der Waals surface area contributed by atoms with Gasteiger partial charge in [0.05, 0.1) is 5.56 Å². The van der Waals surface area contributed by atoms with E-state index in [4.69, 9.17) is 0 Å². The minimum atomic E-state index is -0.460. The van der Waals surface area contributed by atoms with Crippen LogP contribution < -0.4 is 5.32 Å². The number of aromatic nitrogens is 4. The van der Waals surface area contributed by atoms with Crippen LogP contribution in [0.1, 0.15) is 26.6 Å². The van der Waals surface area contributed by atoms with E-state index in [-0.39, 0.29) is 5.82 Å². The van der Waals surface area contributed by atoms with Crippen LogP contribution in [0.5, 0.6) is 0 Å². The van der Waals surface area contributed by atoms with Crippen molar-refractivity contribution in [3.63, 3.8) is 0 Å². The Morgan fingerprint density at radius 2 is 2.29 bits per heavy atom. The predicted octanol–water partition coefficient (Wildman–Crippen LogP) is 1.93. The maximum Gasteiger partial charge on any atom is 0.296 e. The van der Waals surface area contributed by atoms with Gasteiger partial charge in [0.2, 0.25) is 5.82 Å². The molecule has 0 aliphatic carbocycles. The number of nitriles is 1. The summed E-state index contributed by atoms with van der Waals surface area (Å²) in [4.78, 5) is 21.2. The first-order chi connectivity index (χ1) is 10.1. The number of aryl methyl sites for hydroxylation is 1. The second-order valence-electron chi connectivity index (χ2n) is 4.35. The summed E-state index contributed by atoms with van der Waals surface area (Å²) in [6.45, 7) is 3.76. The summed E-state index contributed by atoms with van der Waals surface area (Å²) in [6.07, 6.45) is 3.23. The van der Waals surface area contributed by atoms with Crippen LogP contribution in [0.25, 0.3) is 5.78 Å². The lowest BCUT2D eigenvalue weighted by atomic mass is 10.2. The van der Waals surface area contributed by atoms with Crippen molar-refractivity contribution >= 4 is 28.0 Å². The van der Waals surface area contributed by atoms with Crippen LogP contribution in [0, 0.1) is 25.2 Å². The number of hydrogen-bond donors (Lipinski definition) is 1. The zero-order valence-corrected chi connectivity index (χ0v) is 12.1. The molecule has 0 aliphatic rings. The van der Waals surface area contributed by atoms with Crippen LogP contribution in [0.3, 0.4) is 0 Å². The SMILES string of the molecule is Cc1sc(NC(=O)c2nc3ncccn3n2)c(C#N)c1C. The number of nitrogens with one attached hydrogen (secondary N) is 1. The van der Waals surface area contributed by atoms with Crippen molar-refractivity contribution < 1.29 is 4.79 Å². The zero-order chi connectivity index (χ0) is 15.0. The third kappa shape index (κ3) is 2.23. The highest BCUT2D eigenvalue weighted by atomic mass is 32.1. The highest BCUT2D eigenvalue weighted by molar-refractivity contribution is 7.16. The minimum absolute atomic E-state index is 0.0151. The number of carbonyl (C=O) groups excluding carboxylic acids is 1. The molecule has 3 rings (SSSR count). The lowest BCUT2D eigenvalue weighted by molar-refractivity contribution is 0.101. The van der Waals surface area contributed by atoms with Gasteiger partial charge in [-0.1, -0.05) is 0 Å². The Morgan fingerprint density at radius 1 is 1.48 bits per heavy atom. The van der Waals surface area contributed by atoms with Gasteiger partial charge in [0, 0.05) is 17.3 Å². The molecule has 7 nitrogen and oxygen atoms in total. The highest BCUT2D eigenvalue weighted by Crippen LogP contribution is 2.31. The fourth-order valence-electron chi connectivity index (χ4n) is 1.84. The summed E-state index contributed by atoms with van der Waals surface area (Å²) in [6, 6.07) is 3.80. The van der Waals surface area contributed by atoms with E-state index in [1.807, 2.05) is 13.8 Å². The molecule has 0 aliphatic heterocycles. The molecule has 21 heavy (non-hydrogen) atoms. The molecule has 3 aromatic rings. The summed E-state index contributed by atoms with van der Waals surface area (Å²) < 4.78 is 1.42. The molecule has 3 aromatic heterocycles. The monoisotopic (exact) mass is 298 g/mol. The van der Waals surface area contributed by atoms with Crippen LogP contribution in [0.2, 0.25) is 0 Å². The molecule has 0 unspecified atom stereocenters. The Hall–Kier alpha value is -2.79. The third-order valence-corrected chi connectivity index (χ3v) is 4.17. The van der Waals surface area contributed by atoms with Crippen molar-refractivity contribution in [3.05, 3.63) is 40.3 Å². The molecule has 0 bridgehead atoms. The topological polar surface area (TPSA) is 96.0 Å². The molecule has 1 amide bonds. The molecule has 0 spiro atoms. The van der Waals surface area contributed by atoms with Crippen molar-refractivity contribution in [2.24, 2.45) is 0 Å². The maximum atomic E-state index is 12.2. The van der Waals surface area contributed by atoms with Gasteiger partial charge in [-0.05, 0) is 25.5 Å². The van der Waals surface area contributed by atoms with Crippen LogP contribution in [0.4, 0.5) is 5.00 Å². The van der Waals surface area contributed by atoms with E-state index in [2.05, 4.69) is 26.5 Å². The third-order valence-electron chi connectivity index (χ3n) is 3.04. The molecular formula is C13H10N6OS. The van der Waals surface area contributed by atoms with E-state index >= 15 is 0 Å². The molecule has 0 aromatic carbocycles. The quantitative estimate of drug-likeness (QED) is 0.779. The van der Waals surface area contributed by atoms with Gasteiger partial charge in [-0.3, -0.25) is 4.79 Å². The lowest BCUT2D eigenvalue weighted by Crippen LogP contribution is -2.13. The fraction of sp³-hybridized carbons (Fsp3) is 0.154. The molecule has 0 atom stereocenters. The number of rotatable bonds is 2. The average molecular weight is 298 g/mol. The van der Waals surface area contributed by atoms with Gasteiger partial charge < -0.3 is 5.32 Å². The smallest absolute Gasteiger partial charge is 0.296 e. The Labute approximate surface area is 123 Å². The van der Waals surface area contributed by atoms with E-state index in [1.54, 1.807) is 18.5 Å². The van der Waals surface area contributed by atoms with Gasteiger partial charge in [0.25, 0.3) is 11.7 Å². The zero-order valence-electron chi connectivity index (χ0n) is 11.3. The molecule has 104 valence electrons. The molecule has 0 radical (unpaired) electrons. The average Bonchev–Trinajstić information content (AvgIpc) is 3.01. The first kappa shape index (κ1) is 13.2. The summed E-state index contributed by atoms with van der Waals surface area (Å²) in [5.74, 6) is -0.0961. The Morgan fingerprint density at radius 3 is 3.00 bits per heavy atom. The van der Waals surface area contributed by atoms with Crippen molar-refractivity contribution in [3.8, 4) is 6.07 Å². The number of thiophene rings is 1. The van der Waals surface area contributed by atoms with Crippen molar-refractivity contribution in [1.82, 2.24) is 19.6 Å². The number of amides is 1. The summed E-state index contributed by atoms with van der Waals surface area (Å²) >= 11 is 1.36. The number of fused-ring (bicyclic) bond motifs is 1. The molecule has 0 saturated carbocycles. The van der Waals surface area contributed by atoms with Crippen molar-refractivity contribution in [2.75, 3.05) is 5.32 Å². The van der Waals surface area contributed by atoms with Gasteiger partial charge in [-0.2, -0.15) is 10.2 Å². The van der Waals surface area contributed by atoms with Gasteiger partial charge in [-0.15, -0.1) is 16.4 Å².